The van der Waals surface area contributed by atoms with Crippen molar-refractivity contribution in [3.63, 3.8) is 0 Å². The lowest BCUT2D eigenvalue weighted by atomic mass is 10.0. The fourth-order valence-corrected chi connectivity index (χ4v) is 2.97. The Hall–Kier alpha value is -2.85. The lowest BCUT2D eigenvalue weighted by molar-refractivity contribution is 0.636. The van der Waals surface area contributed by atoms with Crippen LogP contribution in [0.1, 0.15) is 42.5 Å². The standard InChI is InChI=1S/C25H23F/c1-3-5-6-7-20-8-10-21(11-9-20)12-14-22-15-16-23-18-19(4-2)13-17-24(23)25(22)26/h3,5,8-11,13,15-18H,4,6-7H2,1-2H3/b5-3+. The highest BCUT2D eigenvalue weighted by Crippen LogP contribution is 2.22. The van der Waals surface area contributed by atoms with Gasteiger partial charge in [0.2, 0.25) is 0 Å². The van der Waals surface area contributed by atoms with Crippen molar-refractivity contribution in [2.45, 2.75) is 33.1 Å². The maximum absolute atomic E-state index is 14.7. The summed E-state index contributed by atoms with van der Waals surface area (Å²) in [5.74, 6) is 5.83. The third-order valence-electron chi connectivity index (χ3n) is 4.56. The largest absolute Gasteiger partial charge is 0.205 e. The molecule has 0 saturated carbocycles. The average molecular weight is 342 g/mol. The van der Waals surface area contributed by atoms with Gasteiger partial charge >= 0.3 is 0 Å². The van der Waals surface area contributed by atoms with E-state index in [-0.39, 0.29) is 5.82 Å². The molecular formula is C25H23F. The lowest BCUT2D eigenvalue weighted by Crippen LogP contribution is -1.89. The minimum absolute atomic E-state index is 0.236. The van der Waals surface area contributed by atoms with E-state index in [1.54, 1.807) is 6.07 Å². The number of allylic oxidation sites excluding steroid dienone is 2. The average Bonchev–Trinajstić information content (AvgIpc) is 2.68. The Kier molecular flexibility index (Phi) is 5.87. The molecule has 0 atom stereocenters. The highest BCUT2D eigenvalue weighted by atomic mass is 19.1. The summed E-state index contributed by atoms with van der Waals surface area (Å²) in [5, 5.41) is 1.56. The van der Waals surface area contributed by atoms with Crippen LogP contribution in [0.3, 0.4) is 0 Å². The summed E-state index contributed by atoms with van der Waals surface area (Å²) in [4.78, 5) is 0. The summed E-state index contributed by atoms with van der Waals surface area (Å²) in [6.07, 6.45) is 7.26. The molecule has 0 aliphatic carbocycles. The van der Waals surface area contributed by atoms with Crippen LogP contribution in [0.5, 0.6) is 0 Å². The molecule has 0 unspecified atom stereocenters. The van der Waals surface area contributed by atoms with Gasteiger partial charge in [-0.05, 0) is 60.9 Å². The van der Waals surface area contributed by atoms with Crippen LogP contribution in [0.4, 0.5) is 4.39 Å². The number of aryl methyl sites for hydroxylation is 2. The normalized spacial score (nSPS) is 10.9. The number of hydrogen-bond acceptors (Lipinski definition) is 0. The Morgan fingerprint density at radius 3 is 2.42 bits per heavy atom. The van der Waals surface area contributed by atoms with Crippen molar-refractivity contribution >= 4 is 10.8 Å². The molecule has 1 heteroatoms. The van der Waals surface area contributed by atoms with E-state index >= 15 is 0 Å². The van der Waals surface area contributed by atoms with E-state index in [4.69, 9.17) is 0 Å². The first-order valence-electron chi connectivity index (χ1n) is 9.14. The molecule has 0 radical (unpaired) electrons. The summed E-state index contributed by atoms with van der Waals surface area (Å²) in [5.41, 5.74) is 3.85. The minimum atomic E-state index is -0.236. The van der Waals surface area contributed by atoms with Crippen LogP contribution >= 0.6 is 0 Å². The molecule has 0 bridgehead atoms. The van der Waals surface area contributed by atoms with E-state index in [1.165, 1.54) is 11.1 Å². The molecular weight excluding hydrogens is 319 g/mol. The van der Waals surface area contributed by atoms with Crippen LogP contribution in [0, 0.1) is 17.7 Å². The highest BCUT2D eigenvalue weighted by Gasteiger charge is 2.06. The summed E-state index contributed by atoms with van der Waals surface area (Å²) < 4.78 is 14.7. The molecule has 0 spiro atoms. The second-order valence-electron chi connectivity index (χ2n) is 6.39. The van der Waals surface area contributed by atoms with Gasteiger partial charge in [0, 0.05) is 10.9 Å². The SMILES string of the molecule is C/C=C/CCc1ccc(C#Cc2ccc3cc(CC)ccc3c2F)cc1. The van der Waals surface area contributed by atoms with Gasteiger partial charge in [0.15, 0.2) is 0 Å². The van der Waals surface area contributed by atoms with Gasteiger partial charge in [-0.1, -0.05) is 67.3 Å². The van der Waals surface area contributed by atoms with Crippen molar-refractivity contribution < 1.29 is 4.39 Å². The van der Waals surface area contributed by atoms with Gasteiger partial charge in [0.25, 0.3) is 0 Å². The second-order valence-corrected chi connectivity index (χ2v) is 6.39. The molecule has 3 rings (SSSR count). The maximum atomic E-state index is 14.7. The molecule has 0 aliphatic heterocycles. The van der Waals surface area contributed by atoms with Crippen molar-refractivity contribution in [2.75, 3.05) is 0 Å². The number of fused-ring (bicyclic) bond motifs is 1. The van der Waals surface area contributed by atoms with Crippen molar-refractivity contribution in [1.82, 2.24) is 0 Å². The Balaban J connectivity index is 1.82. The van der Waals surface area contributed by atoms with E-state index in [0.717, 1.165) is 30.2 Å². The quantitative estimate of drug-likeness (QED) is 0.377. The van der Waals surface area contributed by atoms with Gasteiger partial charge in [-0.3, -0.25) is 0 Å². The molecule has 130 valence electrons. The van der Waals surface area contributed by atoms with Crippen LogP contribution in [-0.4, -0.2) is 0 Å². The Morgan fingerprint density at radius 1 is 0.923 bits per heavy atom. The fraction of sp³-hybridized carbons (Fsp3) is 0.200. The number of rotatable bonds is 4. The van der Waals surface area contributed by atoms with E-state index in [9.17, 15) is 4.39 Å². The number of halogens is 1. The molecule has 26 heavy (non-hydrogen) atoms. The van der Waals surface area contributed by atoms with Crippen LogP contribution < -0.4 is 0 Å². The Bertz CT molecular complexity index is 982. The molecule has 0 aromatic heterocycles. The second kappa shape index (κ2) is 8.50. The highest BCUT2D eigenvalue weighted by molar-refractivity contribution is 5.85. The Labute approximate surface area is 155 Å². The van der Waals surface area contributed by atoms with Gasteiger partial charge in [-0.15, -0.1) is 0 Å². The third-order valence-corrected chi connectivity index (χ3v) is 4.56. The zero-order valence-electron chi connectivity index (χ0n) is 15.4. The third kappa shape index (κ3) is 4.21. The van der Waals surface area contributed by atoms with Crippen molar-refractivity contribution in [3.8, 4) is 11.8 Å². The Morgan fingerprint density at radius 2 is 1.69 bits per heavy atom. The van der Waals surface area contributed by atoms with E-state index in [2.05, 4.69) is 43.0 Å². The molecule has 0 saturated heterocycles. The van der Waals surface area contributed by atoms with Gasteiger partial charge < -0.3 is 0 Å². The summed E-state index contributed by atoms with van der Waals surface area (Å²) >= 11 is 0. The van der Waals surface area contributed by atoms with E-state index < -0.39 is 0 Å². The first kappa shape index (κ1) is 18.0. The van der Waals surface area contributed by atoms with Crippen molar-refractivity contribution in [2.24, 2.45) is 0 Å². The maximum Gasteiger partial charge on any atom is 0.146 e. The van der Waals surface area contributed by atoms with Crippen LogP contribution in [0.25, 0.3) is 10.8 Å². The predicted octanol–water partition coefficient (Wildman–Crippen LogP) is 6.45. The molecule has 3 aromatic carbocycles. The smallest absolute Gasteiger partial charge is 0.146 e. The monoisotopic (exact) mass is 342 g/mol. The zero-order chi connectivity index (χ0) is 18.4. The molecule has 3 aromatic rings. The lowest BCUT2D eigenvalue weighted by Gasteiger charge is -2.04. The van der Waals surface area contributed by atoms with E-state index in [1.807, 2.05) is 43.3 Å². The number of hydrogen-bond donors (Lipinski definition) is 0. The fourth-order valence-electron chi connectivity index (χ4n) is 2.97. The van der Waals surface area contributed by atoms with Gasteiger partial charge in [-0.2, -0.15) is 0 Å². The van der Waals surface area contributed by atoms with Gasteiger partial charge in [-0.25, -0.2) is 4.39 Å². The summed E-state index contributed by atoms with van der Waals surface area (Å²) in [6, 6.07) is 17.8. The molecule has 0 nitrogen and oxygen atoms in total. The zero-order valence-corrected chi connectivity index (χ0v) is 15.4. The van der Waals surface area contributed by atoms with E-state index in [0.29, 0.717) is 10.9 Å². The van der Waals surface area contributed by atoms with Crippen LogP contribution in [-0.2, 0) is 12.8 Å². The van der Waals surface area contributed by atoms with Crippen molar-refractivity contribution in [1.29, 1.82) is 0 Å². The van der Waals surface area contributed by atoms with Crippen LogP contribution in [0.15, 0.2) is 66.7 Å². The molecule has 0 heterocycles. The topological polar surface area (TPSA) is 0 Å². The first-order chi connectivity index (χ1) is 12.7. The molecule has 0 N–H and O–H groups in total. The van der Waals surface area contributed by atoms with Crippen molar-refractivity contribution in [3.05, 3.63) is 94.8 Å². The van der Waals surface area contributed by atoms with Gasteiger partial charge in [0.05, 0.1) is 5.56 Å². The predicted molar refractivity (Wildman–Crippen MR) is 109 cm³/mol. The number of benzene rings is 3. The molecule has 0 amide bonds. The molecule has 0 fully saturated rings. The summed E-state index contributed by atoms with van der Waals surface area (Å²) in [7, 11) is 0. The minimum Gasteiger partial charge on any atom is -0.205 e. The first-order valence-corrected chi connectivity index (χ1v) is 9.14. The van der Waals surface area contributed by atoms with Crippen LogP contribution in [0.2, 0.25) is 0 Å². The summed E-state index contributed by atoms with van der Waals surface area (Å²) in [6.45, 7) is 4.14. The van der Waals surface area contributed by atoms with Gasteiger partial charge in [0.1, 0.15) is 5.82 Å². The molecule has 0 aliphatic rings.